The Morgan fingerprint density at radius 3 is 1.61 bits per heavy atom. The van der Waals surface area contributed by atoms with E-state index in [2.05, 4.69) is 0 Å². The topological polar surface area (TPSA) is 35.5 Å². The van der Waals surface area contributed by atoms with Gasteiger partial charge in [0.2, 0.25) is 0 Å². The zero-order valence-corrected chi connectivity index (χ0v) is 14.1. The molecular formula is C19H18FeO3+2. The average molecular weight is 350 g/mol. The minimum atomic E-state index is -0.0932. The number of carbonyl (C=O) groups is 1. The zero-order valence-electron chi connectivity index (χ0n) is 13.0. The van der Waals surface area contributed by atoms with Gasteiger partial charge in [-0.25, -0.2) is 0 Å². The largest absolute Gasteiger partial charge is 2.00 e. The van der Waals surface area contributed by atoms with Crippen LogP contribution in [0.3, 0.4) is 0 Å². The molecule has 23 heavy (non-hydrogen) atoms. The van der Waals surface area contributed by atoms with Crippen LogP contribution in [0, 0.1) is 63.7 Å². The van der Waals surface area contributed by atoms with E-state index in [1.165, 1.54) is 14.2 Å². The molecule has 0 amide bonds. The van der Waals surface area contributed by atoms with E-state index in [-0.39, 0.29) is 22.9 Å². The van der Waals surface area contributed by atoms with Crippen molar-refractivity contribution in [1.29, 1.82) is 0 Å². The first-order chi connectivity index (χ1) is 10.8. The second kappa shape index (κ2) is 10.7. The van der Waals surface area contributed by atoms with Gasteiger partial charge < -0.3 is 9.47 Å². The van der Waals surface area contributed by atoms with Crippen molar-refractivity contribution >= 4 is 5.78 Å². The summed E-state index contributed by atoms with van der Waals surface area (Å²) in [5.74, 6) is 1.59. The van der Waals surface area contributed by atoms with Gasteiger partial charge in [0, 0.05) is 0 Å². The number of Topliss-reactive ketones (excluding diaryl/α,β-unsaturated/α-hetero) is 1. The quantitative estimate of drug-likeness (QED) is 0.617. The van der Waals surface area contributed by atoms with Crippen LogP contribution in [0.25, 0.3) is 0 Å². The van der Waals surface area contributed by atoms with Crippen LogP contribution < -0.4 is 9.47 Å². The molecule has 0 spiro atoms. The summed E-state index contributed by atoms with van der Waals surface area (Å²) in [6.07, 6.45) is 17.2. The summed E-state index contributed by atoms with van der Waals surface area (Å²) < 4.78 is 10.4. The molecule has 1 aromatic carbocycles. The predicted octanol–water partition coefficient (Wildman–Crippen LogP) is 3.31. The van der Waals surface area contributed by atoms with Gasteiger partial charge in [-0.15, -0.1) is 0 Å². The fourth-order valence-corrected chi connectivity index (χ4v) is 2.07. The van der Waals surface area contributed by atoms with E-state index in [1.54, 1.807) is 31.0 Å². The third-order valence-electron chi connectivity index (χ3n) is 3.14. The van der Waals surface area contributed by atoms with E-state index in [9.17, 15) is 4.79 Å². The minimum Gasteiger partial charge on any atom is -0.496 e. The van der Waals surface area contributed by atoms with Gasteiger partial charge in [0.25, 0.3) is 0 Å². The molecule has 2 aliphatic carbocycles. The molecule has 0 bridgehead atoms. The van der Waals surface area contributed by atoms with Crippen LogP contribution in [0.2, 0.25) is 0 Å². The van der Waals surface area contributed by atoms with Crippen LogP contribution >= 0.6 is 0 Å². The number of ether oxygens (including phenoxy) is 2. The van der Waals surface area contributed by atoms with E-state index >= 15 is 0 Å². The summed E-state index contributed by atoms with van der Waals surface area (Å²) in [5, 5.41) is 0. The zero-order chi connectivity index (χ0) is 15.8. The SMILES string of the molecule is COc1cccc(OC)c1C(=O)[C]1[CH][CH][CH][CH]1.[CH]1[CH][CH][CH][CH]1.[Fe+2]. The van der Waals surface area contributed by atoms with Crippen LogP contribution in [0.5, 0.6) is 11.5 Å². The molecule has 3 rings (SSSR count). The van der Waals surface area contributed by atoms with Crippen LogP contribution in [0.1, 0.15) is 10.4 Å². The molecule has 2 aliphatic rings. The fraction of sp³-hybridized carbons (Fsp3) is 0.105. The first kappa shape index (κ1) is 20.1. The third kappa shape index (κ3) is 5.54. The van der Waals surface area contributed by atoms with Crippen molar-refractivity contribution in [1.82, 2.24) is 0 Å². The summed E-state index contributed by atoms with van der Waals surface area (Å²) in [4.78, 5) is 12.3. The van der Waals surface area contributed by atoms with Gasteiger partial charge in [-0.2, -0.15) is 0 Å². The van der Waals surface area contributed by atoms with E-state index in [4.69, 9.17) is 9.47 Å². The summed E-state index contributed by atoms with van der Waals surface area (Å²) in [6.45, 7) is 0. The van der Waals surface area contributed by atoms with Gasteiger partial charge in [-0.05, 0) is 69.9 Å². The second-order valence-corrected chi connectivity index (χ2v) is 4.50. The Labute approximate surface area is 150 Å². The van der Waals surface area contributed by atoms with Crippen molar-refractivity contribution in [2.24, 2.45) is 0 Å². The molecule has 1 aromatic rings. The van der Waals surface area contributed by atoms with E-state index in [1.807, 2.05) is 44.9 Å². The van der Waals surface area contributed by atoms with Crippen molar-refractivity contribution in [2.45, 2.75) is 0 Å². The van der Waals surface area contributed by atoms with E-state index in [0.29, 0.717) is 23.0 Å². The monoisotopic (exact) mass is 350 g/mol. The smallest absolute Gasteiger partial charge is 0.496 e. The molecule has 0 atom stereocenters. The van der Waals surface area contributed by atoms with Gasteiger partial charge in [0.05, 0.1) is 20.1 Å². The summed E-state index contributed by atoms with van der Waals surface area (Å²) in [6, 6.07) is 5.29. The standard InChI is InChI=1S/C14H13O3.C5H5.Fe/c1-16-11-8-5-9-12(17-2)13(11)14(15)10-6-3-4-7-10;1-2-4-5-3-1;/h3-9H,1-2H3;1-5H;/q;;+2. The van der Waals surface area contributed by atoms with Crippen molar-refractivity contribution in [3.8, 4) is 11.5 Å². The molecule has 4 heteroatoms. The Morgan fingerprint density at radius 1 is 0.783 bits per heavy atom. The van der Waals surface area contributed by atoms with Crippen molar-refractivity contribution in [3.63, 3.8) is 0 Å². The molecule has 0 unspecified atom stereocenters. The fourth-order valence-electron chi connectivity index (χ4n) is 2.07. The Morgan fingerprint density at radius 2 is 1.22 bits per heavy atom. The average Bonchev–Trinajstić information content (AvgIpc) is 3.28. The molecule has 0 saturated heterocycles. The summed E-state index contributed by atoms with van der Waals surface area (Å²) in [7, 11) is 3.08. The molecule has 2 saturated carbocycles. The molecule has 3 nitrogen and oxygen atoms in total. The maximum absolute atomic E-state index is 12.3. The Balaban J connectivity index is 0.000000377. The molecule has 10 radical (unpaired) electrons. The Hall–Kier alpha value is -0.991. The maximum Gasteiger partial charge on any atom is 2.00 e. The predicted molar refractivity (Wildman–Crippen MR) is 85.8 cm³/mol. The molecule has 0 N–H and O–H groups in total. The maximum atomic E-state index is 12.3. The number of hydrogen-bond acceptors (Lipinski definition) is 3. The van der Waals surface area contributed by atoms with Gasteiger partial charge in [0.15, 0.2) is 5.78 Å². The first-order valence-corrected chi connectivity index (χ1v) is 6.92. The number of hydrogen-bond donors (Lipinski definition) is 0. The van der Waals surface area contributed by atoms with Crippen molar-refractivity contribution in [2.75, 3.05) is 14.2 Å². The molecule has 0 aliphatic heterocycles. The number of ketones is 1. The number of methoxy groups -OCH3 is 2. The molecule has 2 fully saturated rings. The summed E-state index contributed by atoms with van der Waals surface area (Å²) in [5.41, 5.74) is 0.462. The third-order valence-corrected chi connectivity index (χ3v) is 3.14. The van der Waals surface area contributed by atoms with Gasteiger partial charge in [-0.3, -0.25) is 4.79 Å². The van der Waals surface area contributed by atoms with Crippen LogP contribution in [0.15, 0.2) is 18.2 Å². The number of benzene rings is 1. The van der Waals surface area contributed by atoms with Crippen molar-refractivity contribution < 1.29 is 31.3 Å². The van der Waals surface area contributed by atoms with E-state index in [0.717, 1.165) is 0 Å². The van der Waals surface area contributed by atoms with Gasteiger partial charge in [-0.1, -0.05) is 6.07 Å². The molecule has 0 aromatic heterocycles. The molecular weight excluding hydrogens is 332 g/mol. The van der Waals surface area contributed by atoms with Crippen molar-refractivity contribution in [3.05, 3.63) is 87.5 Å². The van der Waals surface area contributed by atoms with E-state index < -0.39 is 0 Å². The number of rotatable bonds is 4. The second-order valence-electron chi connectivity index (χ2n) is 4.50. The van der Waals surface area contributed by atoms with Crippen LogP contribution in [-0.4, -0.2) is 20.0 Å². The Kier molecular flexibility index (Phi) is 9.35. The molecule has 118 valence electrons. The normalized spacial score (nSPS) is 17.0. The minimum absolute atomic E-state index is 0. The van der Waals surface area contributed by atoms with Crippen LogP contribution in [-0.2, 0) is 17.1 Å². The van der Waals surface area contributed by atoms with Crippen LogP contribution in [0.4, 0.5) is 0 Å². The van der Waals surface area contributed by atoms with Gasteiger partial charge >= 0.3 is 17.1 Å². The van der Waals surface area contributed by atoms with Gasteiger partial charge in [0.1, 0.15) is 17.1 Å². The first-order valence-electron chi connectivity index (χ1n) is 6.92. The summed E-state index contributed by atoms with van der Waals surface area (Å²) >= 11 is 0. The molecule has 0 heterocycles. The Bertz CT molecular complexity index is 448. The number of carbonyl (C=O) groups excluding carboxylic acids is 1.